The molecule has 0 saturated carbocycles. The fourth-order valence-corrected chi connectivity index (χ4v) is 2.06. The molecular weight excluding hydrogens is 238 g/mol. The van der Waals surface area contributed by atoms with Crippen molar-refractivity contribution in [2.24, 2.45) is 0 Å². The van der Waals surface area contributed by atoms with E-state index in [1.165, 1.54) is 0 Å². The molecule has 2 rings (SSSR count). The average molecular weight is 254 g/mol. The third-order valence-corrected chi connectivity index (χ3v) is 3.22. The molecule has 0 spiro atoms. The van der Waals surface area contributed by atoms with Crippen LogP contribution in [0.2, 0.25) is 0 Å². The first-order chi connectivity index (χ1) is 8.06. The zero-order chi connectivity index (χ0) is 12.5. The Kier molecular flexibility index (Phi) is 3.43. The SMILES string of the molecule is COC(C)(C)N1OC=C(Cl)C1c1ccccc1. The molecule has 0 saturated heterocycles. The van der Waals surface area contributed by atoms with Crippen LogP contribution in [0.3, 0.4) is 0 Å². The maximum atomic E-state index is 6.21. The van der Waals surface area contributed by atoms with E-state index in [4.69, 9.17) is 21.2 Å². The van der Waals surface area contributed by atoms with Gasteiger partial charge in [-0.25, -0.2) is 0 Å². The molecule has 1 aromatic carbocycles. The molecule has 1 unspecified atom stereocenters. The van der Waals surface area contributed by atoms with Crippen LogP contribution in [-0.4, -0.2) is 17.9 Å². The Morgan fingerprint density at radius 3 is 2.53 bits per heavy atom. The van der Waals surface area contributed by atoms with Gasteiger partial charge in [-0.3, -0.25) is 0 Å². The lowest BCUT2D eigenvalue weighted by atomic mass is 10.1. The second kappa shape index (κ2) is 4.69. The van der Waals surface area contributed by atoms with Crippen LogP contribution in [0.15, 0.2) is 41.6 Å². The Hall–Kier alpha value is -1.03. The van der Waals surface area contributed by atoms with Gasteiger partial charge in [-0.05, 0) is 19.4 Å². The summed E-state index contributed by atoms with van der Waals surface area (Å²) in [5.74, 6) is 0. The smallest absolute Gasteiger partial charge is 0.149 e. The van der Waals surface area contributed by atoms with Gasteiger partial charge in [-0.2, -0.15) is 0 Å². The van der Waals surface area contributed by atoms with Crippen molar-refractivity contribution < 1.29 is 9.57 Å². The molecule has 3 nitrogen and oxygen atoms in total. The molecule has 4 heteroatoms. The van der Waals surface area contributed by atoms with Crippen molar-refractivity contribution in [3.8, 4) is 0 Å². The number of halogens is 1. The Bertz CT molecular complexity index is 417. The van der Waals surface area contributed by atoms with Crippen molar-refractivity contribution in [2.75, 3.05) is 7.11 Å². The van der Waals surface area contributed by atoms with Crippen LogP contribution >= 0.6 is 11.6 Å². The van der Waals surface area contributed by atoms with E-state index in [0.717, 1.165) is 5.56 Å². The highest BCUT2D eigenvalue weighted by Crippen LogP contribution is 2.40. The summed E-state index contributed by atoms with van der Waals surface area (Å²) in [6.07, 6.45) is 1.56. The lowest BCUT2D eigenvalue weighted by molar-refractivity contribution is -0.264. The number of ether oxygens (including phenoxy) is 1. The molecular formula is C13H16ClNO2. The Balaban J connectivity index is 2.33. The summed E-state index contributed by atoms with van der Waals surface area (Å²) in [7, 11) is 1.65. The number of benzene rings is 1. The van der Waals surface area contributed by atoms with E-state index in [1.807, 2.05) is 44.2 Å². The van der Waals surface area contributed by atoms with Gasteiger partial charge < -0.3 is 9.57 Å². The van der Waals surface area contributed by atoms with E-state index in [0.29, 0.717) is 5.03 Å². The summed E-state index contributed by atoms with van der Waals surface area (Å²) < 4.78 is 5.43. The lowest BCUT2D eigenvalue weighted by Crippen LogP contribution is -2.44. The van der Waals surface area contributed by atoms with Crippen LogP contribution in [0.5, 0.6) is 0 Å². The summed E-state index contributed by atoms with van der Waals surface area (Å²) in [6.45, 7) is 3.87. The van der Waals surface area contributed by atoms with Crippen LogP contribution in [0.4, 0.5) is 0 Å². The van der Waals surface area contributed by atoms with Crippen LogP contribution in [-0.2, 0) is 9.57 Å². The highest BCUT2D eigenvalue weighted by Gasteiger charge is 2.40. The minimum Gasteiger partial charge on any atom is -0.409 e. The molecule has 0 radical (unpaired) electrons. The fraction of sp³-hybridized carbons (Fsp3) is 0.385. The lowest BCUT2D eigenvalue weighted by Gasteiger charge is -2.36. The van der Waals surface area contributed by atoms with Gasteiger partial charge in [0.1, 0.15) is 18.0 Å². The number of rotatable bonds is 3. The third-order valence-electron chi connectivity index (χ3n) is 2.92. The molecule has 1 aromatic rings. The Morgan fingerprint density at radius 1 is 1.29 bits per heavy atom. The zero-order valence-electron chi connectivity index (χ0n) is 10.2. The van der Waals surface area contributed by atoms with Gasteiger partial charge in [0.15, 0.2) is 0 Å². The van der Waals surface area contributed by atoms with E-state index >= 15 is 0 Å². The van der Waals surface area contributed by atoms with E-state index in [9.17, 15) is 0 Å². The molecule has 0 bridgehead atoms. The number of hydrogen-bond donors (Lipinski definition) is 0. The van der Waals surface area contributed by atoms with Crippen molar-refractivity contribution in [3.63, 3.8) is 0 Å². The first kappa shape index (κ1) is 12.4. The van der Waals surface area contributed by atoms with Crippen molar-refractivity contribution in [3.05, 3.63) is 47.2 Å². The largest absolute Gasteiger partial charge is 0.409 e. The molecule has 1 aliphatic rings. The molecule has 17 heavy (non-hydrogen) atoms. The Morgan fingerprint density at radius 2 is 1.94 bits per heavy atom. The summed E-state index contributed by atoms with van der Waals surface area (Å²) in [6, 6.07) is 9.87. The number of methoxy groups -OCH3 is 1. The molecule has 1 atom stereocenters. The van der Waals surface area contributed by atoms with Gasteiger partial charge >= 0.3 is 0 Å². The van der Waals surface area contributed by atoms with Crippen LogP contribution < -0.4 is 0 Å². The van der Waals surface area contributed by atoms with E-state index < -0.39 is 5.72 Å². The van der Waals surface area contributed by atoms with Crippen molar-refractivity contribution >= 4 is 11.6 Å². The van der Waals surface area contributed by atoms with E-state index in [1.54, 1.807) is 18.4 Å². The van der Waals surface area contributed by atoms with Gasteiger partial charge in [0.25, 0.3) is 0 Å². The number of hydrogen-bond acceptors (Lipinski definition) is 3. The highest BCUT2D eigenvalue weighted by molar-refractivity contribution is 6.30. The minimum atomic E-state index is -0.548. The second-order valence-corrected chi connectivity index (χ2v) is 4.83. The maximum absolute atomic E-state index is 6.21. The molecule has 1 aliphatic heterocycles. The van der Waals surface area contributed by atoms with Crippen LogP contribution in [0.1, 0.15) is 25.5 Å². The topological polar surface area (TPSA) is 21.7 Å². The maximum Gasteiger partial charge on any atom is 0.149 e. The van der Waals surface area contributed by atoms with Crippen molar-refractivity contribution in [2.45, 2.75) is 25.6 Å². The summed E-state index contributed by atoms with van der Waals surface area (Å²) in [5, 5.41) is 2.41. The first-order valence-corrected chi connectivity index (χ1v) is 5.86. The van der Waals surface area contributed by atoms with Crippen LogP contribution in [0.25, 0.3) is 0 Å². The molecule has 92 valence electrons. The third kappa shape index (κ3) is 2.32. The van der Waals surface area contributed by atoms with Crippen molar-refractivity contribution in [1.29, 1.82) is 0 Å². The standard InChI is InChI=1S/C13H16ClNO2/c1-13(2,16-3)15-12(11(14)9-17-15)10-7-5-4-6-8-10/h4-9,12H,1-3H3. The van der Waals surface area contributed by atoms with Gasteiger partial charge in [-0.15, -0.1) is 5.06 Å². The highest BCUT2D eigenvalue weighted by atomic mass is 35.5. The Labute approximate surface area is 107 Å². The second-order valence-electron chi connectivity index (χ2n) is 4.40. The molecule has 0 N–H and O–H groups in total. The van der Waals surface area contributed by atoms with E-state index in [2.05, 4.69) is 0 Å². The minimum absolute atomic E-state index is 0.118. The molecule has 0 amide bonds. The average Bonchev–Trinajstić information content (AvgIpc) is 2.73. The quantitative estimate of drug-likeness (QED) is 0.824. The number of hydroxylamine groups is 2. The van der Waals surface area contributed by atoms with Gasteiger partial charge in [0, 0.05) is 7.11 Å². The summed E-state index contributed by atoms with van der Waals surface area (Å²) >= 11 is 6.21. The predicted molar refractivity (Wildman–Crippen MR) is 67.1 cm³/mol. The molecule has 0 aliphatic carbocycles. The predicted octanol–water partition coefficient (Wildman–Crippen LogP) is 3.44. The summed E-state index contributed by atoms with van der Waals surface area (Å²) in [5.41, 5.74) is 0.532. The fourth-order valence-electron chi connectivity index (χ4n) is 1.80. The normalized spacial score (nSPS) is 21.2. The molecule has 1 heterocycles. The van der Waals surface area contributed by atoms with E-state index in [-0.39, 0.29) is 6.04 Å². The zero-order valence-corrected chi connectivity index (χ0v) is 10.9. The first-order valence-electron chi connectivity index (χ1n) is 5.48. The monoisotopic (exact) mass is 253 g/mol. The van der Waals surface area contributed by atoms with Gasteiger partial charge in [-0.1, -0.05) is 41.9 Å². The van der Waals surface area contributed by atoms with Gasteiger partial charge in [0.2, 0.25) is 0 Å². The number of nitrogens with zero attached hydrogens (tertiary/aromatic N) is 1. The van der Waals surface area contributed by atoms with Gasteiger partial charge in [0.05, 0.1) is 5.03 Å². The summed E-state index contributed by atoms with van der Waals surface area (Å²) in [4.78, 5) is 5.50. The molecule has 0 fully saturated rings. The molecule has 0 aromatic heterocycles. The van der Waals surface area contributed by atoms with Crippen molar-refractivity contribution in [1.82, 2.24) is 5.06 Å². The van der Waals surface area contributed by atoms with Crippen LogP contribution in [0, 0.1) is 0 Å².